The monoisotopic (exact) mass is 366 g/mol. The van der Waals surface area contributed by atoms with E-state index in [1.807, 2.05) is 26.0 Å². The molecule has 0 bridgehead atoms. The van der Waals surface area contributed by atoms with Crippen LogP contribution in [0.1, 0.15) is 22.3 Å². The van der Waals surface area contributed by atoms with Crippen LogP contribution in [0.2, 0.25) is 0 Å². The van der Waals surface area contributed by atoms with Crippen LogP contribution < -0.4 is 9.47 Å². The first-order chi connectivity index (χ1) is 11.8. The quantitative estimate of drug-likeness (QED) is 0.550. The van der Waals surface area contributed by atoms with Crippen LogP contribution in [0.4, 0.5) is 0 Å². The van der Waals surface area contributed by atoms with Gasteiger partial charge in [0.15, 0.2) is 13.1 Å². The maximum absolute atomic E-state index is 10.8. The van der Waals surface area contributed by atoms with Crippen molar-refractivity contribution in [1.29, 1.82) is 0 Å². The summed E-state index contributed by atoms with van der Waals surface area (Å²) in [4.78, 5) is 17.6. The maximum atomic E-state index is 10.8. The third kappa shape index (κ3) is 6.18. The molecule has 0 aromatic heterocycles. The number of methoxy groups -OCH3 is 1. The van der Waals surface area contributed by atoms with E-state index in [1.54, 1.807) is 19.2 Å². The standard InChI is InChI=1S/C18H23O6P/c1-13-8-16(9-14(2)18(13)23-11-22-3)10-15-4-6-17(7-5-15)24-12-25(19,20)21/h4-9H,10-12H2,1-3H3,(H2,19,20,21). The van der Waals surface area contributed by atoms with E-state index in [4.69, 9.17) is 24.0 Å². The second kappa shape index (κ2) is 8.50. The number of rotatable bonds is 8. The third-order valence-electron chi connectivity index (χ3n) is 3.57. The summed E-state index contributed by atoms with van der Waals surface area (Å²) >= 11 is 0. The molecule has 0 saturated heterocycles. The lowest BCUT2D eigenvalue weighted by molar-refractivity contribution is 0.0501. The van der Waals surface area contributed by atoms with E-state index >= 15 is 0 Å². The van der Waals surface area contributed by atoms with Gasteiger partial charge in [0, 0.05) is 7.11 Å². The number of benzene rings is 2. The molecule has 0 aliphatic carbocycles. The van der Waals surface area contributed by atoms with E-state index < -0.39 is 13.9 Å². The zero-order valence-corrected chi connectivity index (χ0v) is 15.5. The minimum atomic E-state index is -4.16. The number of aryl methyl sites for hydroxylation is 2. The number of ether oxygens (including phenoxy) is 3. The van der Waals surface area contributed by atoms with Gasteiger partial charge in [0.1, 0.15) is 11.5 Å². The molecule has 0 spiro atoms. The second-order valence-corrected chi connectivity index (χ2v) is 7.46. The molecule has 7 heteroatoms. The first kappa shape index (κ1) is 19.5. The first-order valence-corrected chi connectivity index (χ1v) is 9.56. The molecule has 25 heavy (non-hydrogen) atoms. The van der Waals surface area contributed by atoms with Crippen molar-refractivity contribution in [2.24, 2.45) is 0 Å². The van der Waals surface area contributed by atoms with Gasteiger partial charge in [-0.05, 0) is 54.7 Å². The molecule has 0 aliphatic rings. The van der Waals surface area contributed by atoms with Crippen molar-refractivity contribution >= 4 is 7.60 Å². The Hall–Kier alpha value is -1.85. The Morgan fingerprint density at radius 2 is 1.56 bits per heavy atom. The van der Waals surface area contributed by atoms with E-state index in [9.17, 15) is 4.57 Å². The van der Waals surface area contributed by atoms with Gasteiger partial charge >= 0.3 is 7.60 Å². The highest BCUT2D eigenvalue weighted by molar-refractivity contribution is 7.51. The van der Waals surface area contributed by atoms with Crippen molar-refractivity contribution in [2.75, 3.05) is 20.3 Å². The molecule has 136 valence electrons. The summed E-state index contributed by atoms with van der Waals surface area (Å²) in [5.74, 6) is 1.27. The van der Waals surface area contributed by atoms with Crippen molar-refractivity contribution in [3.05, 3.63) is 58.7 Å². The lowest BCUT2D eigenvalue weighted by Gasteiger charge is -2.14. The second-order valence-electron chi connectivity index (χ2n) is 5.87. The van der Waals surface area contributed by atoms with Crippen molar-refractivity contribution < 1.29 is 28.6 Å². The van der Waals surface area contributed by atoms with E-state index in [0.717, 1.165) is 34.4 Å². The van der Waals surface area contributed by atoms with Gasteiger partial charge in [0.05, 0.1) is 0 Å². The molecule has 2 aromatic rings. The molecule has 0 amide bonds. The van der Waals surface area contributed by atoms with Gasteiger partial charge in [-0.2, -0.15) is 0 Å². The molecule has 0 unspecified atom stereocenters. The molecule has 2 aromatic carbocycles. The molecular weight excluding hydrogens is 343 g/mol. The van der Waals surface area contributed by atoms with Crippen molar-refractivity contribution in [2.45, 2.75) is 20.3 Å². The van der Waals surface area contributed by atoms with Crippen molar-refractivity contribution in [3.63, 3.8) is 0 Å². The summed E-state index contributed by atoms with van der Waals surface area (Å²) in [6.45, 7) is 4.22. The Balaban J connectivity index is 2.05. The van der Waals surface area contributed by atoms with Crippen LogP contribution in [0.25, 0.3) is 0 Å². The molecule has 0 atom stereocenters. The molecule has 0 heterocycles. The third-order valence-corrected chi connectivity index (χ3v) is 4.04. The van der Waals surface area contributed by atoms with Crippen LogP contribution in [-0.4, -0.2) is 30.0 Å². The smallest absolute Gasteiger partial charge is 0.362 e. The fourth-order valence-electron chi connectivity index (χ4n) is 2.59. The number of hydrogen-bond donors (Lipinski definition) is 2. The fraction of sp³-hybridized carbons (Fsp3) is 0.333. The minimum absolute atomic E-state index is 0.219. The van der Waals surface area contributed by atoms with E-state index in [-0.39, 0.29) is 6.79 Å². The molecule has 0 aliphatic heterocycles. The van der Waals surface area contributed by atoms with Crippen molar-refractivity contribution in [1.82, 2.24) is 0 Å². The Morgan fingerprint density at radius 3 is 2.08 bits per heavy atom. The van der Waals surface area contributed by atoms with Crippen LogP contribution in [0.15, 0.2) is 36.4 Å². The highest BCUT2D eigenvalue weighted by atomic mass is 31.2. The Kier molecular flexibility index (Phi) is 6.62. The topological polar surface area (TPSA) is 85.2 Å². The summed E-state index contributed by atoms with van der Waals surface area (Å²) in [6.07, 6.45) is 0.124. The SMILES string of the molecule is COCOc1c(C)cc(Cc2ccc(OCP(=O)(O)O)cc2)cc1C. The lowest BCUT2D eigenvalue weighted by atomic mass is 10.00. The molecule has 0 radical (unpaired) electrons. The van der Waals surface area contributed by atoms with Crippen molar-refractivity contribution in [3.8, 4) is 11.5 Å². The molecule has 2 N–H and O–H groups in total. The maximum Gasteiger partial charge on any atom is 0.362 e. The molecular formula is C18H23O6P. The summed E-state index contributed by atoms with van der Waals surface area (Å²) < 4.78 is 26.4. The van der Waals surface area contributed by atoms with Crippen LogP contribution in [0.5, 0.6) is 11.5 Å². The zero-order valence-electron chi connectivity index (χ0n) is 14.6. The van der Waals surface area contributed by atoms with Gasteiger partial charge in [0.25, 0.3) is 0 Å². The van der Waals surface area contributed by atoms with Gasteiger partial charge in [0.2, 0.25) is 0 Å². The summed E-state index contributed by atoms with van der Waals surface area (Å²) in [5.41, 5.74) is 4.33. The van der Waals surface area contributed by atoms with Crippen LogP contribution >= 0.6 is 7.60 Å². The van der Waals surface area contributed by atoms with Crippen LogP contribution in [0, 0.1) is 13.8 Å². The highest BCUT2D eigenvalue weighted by Crippen LogP contribution is 2.34. The highest BCUT2D eigenvalue weighted by Gasteiger charge is 2.13. The van der Waals surface area contributed by atoms with Crippen LogP contribution in [0.3, 0.4) is 0 Å². The summed E-state index contributed by atoms with van der Waals surface area (Å²) in [5, 5.41) is 0. The summed E-state index contributed by atoms with van der Waals surface area (Å²) in [7, 11) is -2.58. The van der Waals surface area contributed by atoms with Crippen LogP contribution in [-0.2, 0) is 15.7 Å². The average molecular weight is 366 g/mol. The minimum Gasteiger partial charge on any atom is -0.481 e. The van der Waals surface area contributed by atoms with Gasteiger partial charge in [-0.15, -0.1) is 0 Å². The largest absolute Gasteiger partial charge is 0.481 e. The van der Waals surface area contributed by atoms with E-state index in [2.05, 4.69) is 12.1 Å². The van der Waals surface area contributed by atoms with E-state index in [1.165, 1.54) is 0 Å². The zero-order chi connectivity index (χ0) is 18.4. The van der Waals surface area contributed by atoms with Gasteiger partial charge in [-0.1, -0.05) is 24.3 Å². The Labute approximate surface area is 147 Å². The molecule has 6 nitrogen and oxygen atoms in total. The predicted molar refractivity (Wildman–Crippen MR) is 95.2 cm³/mol. The Bertz CT molecular complexity index is 728. The summed E-state index contributed by atoms with van der Waals surface area (Å²) in [6, 6.07) is 11.3. The van der Waals surface area contributed by atoms with E-state index in [0.29, 0.717) is 5.75 Å². The average Bonchev–Trinajstić information content (AvgIpc) is 2.53. The molecule has 0 saturated carbocycles. The van der Waals surface area contributed by atoms with Gasteiger partial charge in [-0.25, -0.2) is 0 Å². The normalized spacial score (nSPS) is 11.4. The molecule has 0 fully saturated rings. The fourth-order valence-corrected chi connectivity index (χ4v) is 2.90. The number of hydrogen-bond acceptors (Lipinski definition) is 4. The first-order valence-electron chi connectivity index (χ1n) is 7.76. The predicted octanol–water partition coefficient (Wildman–Crippen LogP) is 3.39. The van der Waals surface area contributed by atoms with Gasteiger partial charge in [-0.3, -0.25) is 4.57 Å². The lowest BCUT2D eigenvalue weighted by Crippen LogP contribution is -2.03. The molecule has 2 rings (SSSR count). The Morgan fingerprint density at radius 1 is 0.960 bits per heavy atom. The van der Waals surface area contributed by atoms with Gasteiger partial charge < -0.3 is 24.0 Å².